The highest BCUT2D eigenvalue weighted by molar-refractivity contribution is 6.07. The van der Waals surface area contributed by atoms with E-state index in [9.17, 15) is 4.79 Å². The number of rotatable bonds is 7. The first kappa shape index (κ1) is 20.2. The van der Waals surface area contributed by atoms with Gasteiger partial charge in [-0.3, -0.25) is 4.79 Å². The quantitative estimate of drug-likeness (QED) is 0.588. The molecule has 6 heteroatoms. The van der Waals surface area contributed by atoms with Crippen LogP contribution in [0.5, 0.6) is 17.2 Å². The number of benzene rings is 2. The van der Waals surface area contributed by atoms with Gasteiger partial charge in [0.1, 0.15) is 23.1 Å². The molecule has 1 amide bonds. The number of nitrogens with two attached hydrogens (primary N) is 1. The van der Waals surface area contributed by atoms with Crippen LogP contribution in [0.2, 0.25) is 0 Å². The number of anilines is 2. The molecule has 0 bridgehead atoms. The van der Waals surface area contributed by atoms with Crippen LogP contribution in [-0.2, 0) is 0 Å². The van der Waals surface area contributed by atoms with E-state index in [4.69, 9.17) is 15.2 Å². The van der Waals surface area contributed by atoms with Crippen LogP contribution in [-0.4, -0.2) is 17.5 Å². The Bertz CT molecular complexity index is 985. The summed E-state index contributed by atoms with van der Waals surface area (Å²) in [4.78, 5) is 16.6. The van der Waals surface area contributed by atoms with Crippen molar-refractivity contribution in [3.63, 3.8) is 0 Å². The van der Waals surface area contributed by atoms with Gasteiger partial charge >= 0.3 is 0 Å². The molecule has 0 atom stereocenters. The van der Waals surface area contributed by atoms with Crippen molar-refractivity contribution in [1.29, 1.82) is 0 Å². The number of carbonyl (C=O) groups excluding carboxylic acids is 1. The van der Waals surface area contributed by atoms with Crippen LogP contribution in [0.4, 0.5) is 11.5 Å². The van der Waals surface area contributed by atoms with Gasteiger partial charge in [-0.25, -0.2) is 4.98 Å². The Morgan fingerprint density at radius 1 is 1.03 bits per heavy atom. The molecular formula is C23H25N3O3. The van der Waals surface area contributed by atoms with Crippen LogP contribution in [0.25, 0.3) is 0 Å². The number of amides is 1. The molecule has 0 aliphatic carbocycles. The molecule has 0 spiro atoms. The van der Waals surface area contributed by atoms with E-state index in [1.54, 1.807) is 24.3 Å². The molecule has 3 aromatic rings. The van der Waals surface area contributed by atoms with Gasteiger partial charge < -0.3 is 20.5 Å². The van der Waals surface area contributed by atoms with Crippen LogP contribution >= 0.6 is 0 Å². The summed E-state index contributed by atoms with van der Waals surface area (Å²) in [7, 11) is 0. The fourth-order valence-electron chi connectivity index (χ4n) is 2.61. The maximum absolute atomic E-state index is 12.5. The zero-order chi connectivity index (χ0) is 20.8. The Labute approximate surface area is 170 Å². The van der Waals surface area contributed by atoms with E-state index in [0.717, 1.165) is 11.4 Å². The van der Waals surface area contributed by atoms with Gasteiger partial charge in [-0.15, -0.1) is 0 Å². The monoisotopic (exact) mass is 391 g/mol. The molecule has 0 aliphatic rings. The third-order valence-corrected chi connectivity index (χ3v) is 4.04. The second-order valence-corrected chi connectivity index (χ2v) is 7.15. The molecule has 150 valence electrons. The number of ether oxygens (including phenoxy) is 2. The molecule has 29 heavy (non-hydrogen) atoms. The molecular weight excluding hydrogens is 366 g/mol. The lowest BCUT2D eigenvalue weighted by atomic mass is 10.2. The number of aryl methyl sites for hydroxylation is 1. The van der Waals surface area contributed by atoms with Gasteiger partial charge in [-0.05, 0) is 61.4 Å². The summed E-state index contributed by atoms with van der Waals surface area (Å²) >= 11 is 0. The summed E-state index contributed by atoms with van der Waals surface area (Å²) in [6.07, 6.45) is 0. The summed E-state index contributed by atoms with van der Waals surface area (Å²) in [5.74, 6) is 2.44. The molecule has 2 aromatic carbocycles. The third-order valence-electron chi connectivity index (χ3n) is 4.04. The Morgan fingerprint density at radius 2 is 1.76 bits per heavy atom. The highest BCUT2D eigenvalue weighted by Crippen LogP contribution is 2.26. The zero-order valence-electron chi connectivity index (χ0n) is 16.8. The van der Waals surface area contributed by atoms with Crippen molar-refractivity contribution in [3.05, 3.63) is 71.9 Å². The van der Waals surface area contributed by atoms with Crippen molar-refractivity contribution in [1.82, 2.24) is 4.98 Å². The highest BCUT2D eigenvalue weighted by Gasteiger charge is 2.11. The number of aromatic nitrogens is 1. The maximum atomic E-state index is 12.5. The maximum Gasteiger partial charge on any atom is 0.259 e. The SMILES string of the molecule is Cc1ccc(C(=O)Nc2cccc(Oc3ccc(OCC(C)C)cc3)c2)c(N)n1. The van der Waals surface area contributed by atoms with Crippen molar-refractivity contribution >= 4 is 17.4 Å². The number of pyridine rings is 1. The zero-order valence-corrected chi connectivity index (χ0v) is 16.8. The highest BCUT2D eigenvalue weighted by atomic mass is 16.5. The van der Waals surface area contributed by atoms with Gasteiger partial charge in [0.15, 0.2) is 0 Å². The van der Waals surface area contributed by atoms with Crippen molar-refractivity contribution in [2.45, 2.75) is 20.8 Å². The van der Waals surface area contributed by atoms with E-state index in [1.807, 2.05) is 43.3 Å². The van der Waals surface area contributed by atoms with Crippen LogP contribution in [0, 0.1) is 12.8 Å². The predicted molar refractivity (Wildman–Crippen MR) is 115 cm³/mol. The number of nitrogen functional groups attached to an aromatic ring is 1. The molecule has 0 aliphatic heterocycles. The van der Waals surface area contributed by atoms with E-state index < -0.39 is 0 Å². The first-order chi connectivity index (χ1) is 13.9. The molecule has 1 aromatic heterocycles. The van der Waals surface area contributed by atoms with Crippen molar-refractivity contribution < 1.29 is 14.3 Å². The number of nitrogens with one attached hydrogen (secondary N) is 1. The second-order valence-electron chi connectivity index (χ2n) is 7.15. The molecule has 0 fully saturated rings. The molecule has 0 saturated carbocycles. The summed E-state index contributed by atoms with van der Waals surface area (Å²) in [5, 5.41) is 2.82. The van der Waals surface area contributed by atoms with Crippen molar-refractivity contribution in [2.24, 2.45) is 5.92 Å². The summed E-state index contributed by atoms with van der Waals surface area (Å²) < 4.78 is 11.6. The van der Waals surface area contributed by atoms with Crippen LogP contribution in [0.1, 0.15) is 29.9 Å². The Hall–Kier alpha value is -3.54. The van der Waals surface area contributed by atoms with E-state index in [0.29, 0.717) is 35.3 Å². The number of hydrogen-bond acceptors (Lipinski definition) is 5. The van der Waals surface area contributed by atoms with Gasteiger partial charge in [-0.2, -0.15) is 0 Å². The summed E-state index contributed by atoms with van der Waals surface area (Å²) in [6.45, 7) is 6.70. The van der Waals surface area contributed by atoms with Gasteiger partial charge in [0, 0.05) is 17.4 Å². The normalized spacial score (nSPS) is 10.6. The average Bonchev–Trinajstić information content (AvgIpc) is 2.67. The fraction of sp³-hybridized carbons (Fsp3) is 0.217. The van der Waals surface area contributed by atoms with E-state index in [-0.39, 0.29) is 11.7 Å². The largest absolute Gasteiger partial charge is 0.493 e. The topological polar surface area (TPSA) is 86.5 Å². The van der Waals surface area contributed by atoms with Gasteiger partial charge in [0.25, 0.3) is 5.91 Å². The van der Waals surface area contributed by atoms with E-state index in [2.05, 4.69) is 24.1 Å². The molecule has 0 unspecified atom stereocenters. The van der Waals surface area contributed by atoms with Gasteiger partial charge in [-0.1, -0.05) is 19.9 Å². The van der Waals surface area contributed by atoms with E-state index >= 15 is 0 Å². The second kappa shape index (κ2) is 9.10. The average molecular weight is 391 g/mol. The minimum Gasteiger partial charge on any atom is -0.493 e. The first-order valence-corrected chi connectivity index (χ1v) is 9.46. The third kappa shape index (κ3) is 5.72. The lowest BCUT2D eigenvalue weighted by Gasteiger charge is -2.11. The molecule has 0 saturated heterocycles. The number of nitrogens with zero attached hydrogens (tertiary/aromatic N) is 1. The summed E-state index contributed by atoms with van der Waals surface area (Å²) in [6, 6.07) is 18.0. The van der Waals surface area contributed by atoms with Crippen LogP contribution in [0.15, 0.2) is 60.7 Å². The van der Waals surface area contributed by atoms with E-state index in [1.165, 1.54) is 0 Å². The lowest BCUT2D eigenvalue weighted by molar-refractivity contribution is 0.102. The smallest absolute Gasteiger partial charge is 0.259 e. The van der Waals surface area contributed by atoms with Gasteiger partial charge in [0.05, 0.1) is 12.2 Å². The number of carbonyl (C=O) groups is 1. The minimum atomic E-state index is -0.321. The van der Waals surface area contributed by atoms with Crippen molar-refractivity contribution in [2.75, 3.05) is 17.7 Å². The fourth-order valence-corrected chi connectivity index (χ4v) is 2.61. The predicted octanol–water partition coefficient (Wildman–Crippen LogP) is 5.05. The minimum absolute atomic E-state index is 0.203. The van der Waals surface area contributed by atoms with Gasteiger partial charge in [0.2, 0.25) is 0 Å². The Kier molecular flexibility index (Phi) is 6.34. The molecule has 3 rings (SSSR count). The van der Waals surface area contributed by atoms with Crippen LogP contribution in [0.3, 0.4) is 0 Å². The number of hydrogen-bond donors (Lipinski definition) is 2. The summed E-state index contributed by atoms with van der Waals surface area (Å²) in [5.41, 5.74) is 7.54. The lowest BCUT2D eigenvalue weighted by Crippen LogP contribution is -2.15. The van der Waals surface area contributed by atoms with Crippen molar-refractivity contribution in [3.8, 4) is 17.2 Å². The van der Waals surface area contributed by atoms with Crippen LogP contribution < -0.4 is 20.5 Å². The standard InChI is InChI=1S/C23H25N3O3/c1-15(2)14-28-18-8-10-19(11-9-18)29-20-6-4-5-17(13-20)26-23(27)21-12-7-16(3)25-22(21)24/h4-13,15H,14H2,1-3H3,(H2,24,25)(H,26,27). The molecule has 3 N–H and O–H groups in total. The molecule has 0 radical (unpaired) electrons. The molecule has 6 nitrogen and oxygen atoms in total. The molecule has 1 heterocycles. The Morgan fingerprint density at radius 3 is 2.45 bits per heavy atom. The first-order valence-electron chi connectivity index (χ1n) is 9.46. The Balaban J connectivity index is 1.65.